The minimum atomic E-state index is -1.46. The van der Waals surface area contributed by atoms with Gasteiger partial charge in [-0.25, -0.2) is 9.59 Å². The molecule has 64 heavy (non-hydrogen) atoms. The van der Waals surface area contributed by atoms with Crippen LogP contribution in [0.1, 0.15) is 113 Å². The van der Waals surface area contributed by atoms with Crippen LogP contribution in [-0.4, -0.2) is 131 Å². The Hall–Kier alpha value is -5.46. The van der Waals surface area contributed by atoms with Crippen LogP contribution in [0.5, 0.6) is 0 Å². The molecular formula is C48H70N6O10. The Kier molecular flexibility index (Phi) is 17.9. The summed E-state index contributed by atoms with van der Waals surface area (Å²) in [7, 11) is 1.44. The van der Waals surface area contributed by atoms with Crippen molar-refractivity contribution in [2.75, 3.05) is 20.1 Å². The molecule has 3 N–H and O–H groups in total. The number of benzene rings is 1. The van der Waals surface area contributed by atoms with Gasteiger partial charge >= 0.3 is 11.9 Å². The molecule has 0 radical (unpaired) electrons. The molecule has 1 aromatic rings. The SMILES string of the molecule is C#CCCCC1OC(=O)C(Cc2ccccc2)NC(=O)C(C(C)C)NC(=O)C2CCCN2C(=O)C2CCCN2C(=O)C(C)OC(=O)C(C(C)C)N(C)C(=O)C(C(C)C)NC(=O)C1(C)C. The molecule has 6 amide bonds. The number of nitrogens with zero attached hydrogens (tertiary/aromatic N) is 3. The largest absolute Gasteiger partial charge is 0.460 e. The predicted octanol–water partition coefficient (Wildman–Crippen LogP) is 3.15. The summed E-state index contributed by atoms with van der Waals surface area (Å²) in [6.07, 6.45) is 5.76. The first kappa shape index (κ1) is 51.2. The fourth-order valence-electron chi connectivity index (χ4n) is 8.80. The Morgan fingerprint density at radius 1 is 0.734 bits per heavy atom. The number of hydrogen-bond acceptors (Lipinski definition) is 10. The summed E-state index contributed by atoms with van der Waals surface area (Å²) >= 11 is 0. The van der Waals surface area contributed by atoms with E-state index in [4.69, 9.17) is 15.9 Å². The first-order chi connectivity index (χ1) is 30.1. The highest BCUT2D eigenvalue weighted by molar-refractivity contribution is 5.97. The summed E-state index contributed by atoms with van der Waals surface area (Å²) < 4.78 is 12.0. The summed E-state index contributed by atoms with van der Waals surface area (Å²) in [4.78, 5) is 118. The molecular weight excluding hydrogens is 821 g/mol. The second kappa shape index (κ2) is 22.4. The van der Waals surface area contributed by atoms with Crippen LogP contribution in [0.25, 0.3) is 0 Å². The Morgan fingerprint density at radius 2 is 1.33 bits per heavy atom. The molecule has 3 aliphatic heterocycles. The van der Waals surface area contributed by atoms with Crippen molar-refractivity contribution in [1.82, 2.24) is 30.7 Å². The van der Waals surface area contributed by atoms with E-state index < -0.39 is 119 Å². The molecule has 8 atom stereocenters. The molecule has 352 valence electrons. The van der Waals surface area contributed by atoms with Crippen molar-refractivity contribution >= 4 is 47.4 Å². The Labute approximate surface area is 378 Å². The quantitative estimate of drug-likeness (QED) is 0.198. The maximum absolute atomic E-state index is 14.4. The maximum atomic E-state index is 14.4. The van der Waals surface area contributed by atoms with E-state index in [2.05, 4.69) is 21.9 Å². The lowest BCUT2D eigenvalue weighted by molar-refractivity contribution is -0.168. The van der Waals surface area contributed by atoms with Gasteiger partial charge in [-0.2, -0.15) is 0 Å². The normalized spacial score (nSPS) is 28.4. The fourth-order valence-corrected chi connectivity index (χ4v) is 8.80. The minimum Gasteiger partial charge on any atom is -0.460 e. The summed E-state index contributed by atoms with van der Waals surface area (Å²) in [5, 5.41) is 8.56. The third-order valence-corrected chi connectivity index (χ3v) is 12.7. The van der Waals surface area contributed by atoms with Gasteiger partial charge in [-0.3, -0.25) is 28.8 Å². The number of nitrogens with one attached hydrogen (secondary N) is 3. The highest BCUT2D eigenvalue weighted by Crippen LogP contribution is 2.31. The molecule has 0 aromatic heterocycles. The Morgan fingerprint density at radius 3 is 1.91 bits per heavy atom. The zero-order valence-electron chi connectivity index (χ0n) is 39.3. The molecule has 3 saturated heterocycles. The number of ether oxygens (including phenoxy) is 2. The molecule has 0 aliphatic carbocycles. The molecule has 16 heteroatoms. The molecule has 1 aromatic carbocycles. The summed E-state index contributed by atoms with van der Waals surface area (Å²) in [5.74, 6) is -3.89. The van der Waals surface area contributed by atoms with Crippen LogP contribution in [0.3, 0.4) is 0 Å². The average molecular weight is 891 g/mol. The number of unbranched alkanes of at least 4 members (excludes halogenated alkanes) is 1. The predicted molar refractivity (Wildman–Crippen MR) is 238 cm³/mol. The Balaban J connectivity index is 1.81. The molecule has 0 spiro atoms. The van der Waals surface area contributed by atoms with Gasteiger partial charge in [-0.1, -0.05) is 71.9 Å². The lowest BCUT2D eigenvalue weighted by Crippen LogP contribution is -2.59. The molecule has 3 aliphatic rings. The Bertz CT molecular complexity index is 1910. The number of cyclic esters (lactones) is 2. The van der Waals surface area contributed by atoms with Crippen LogP contribution in [-0.2, 0) is 54.3 Å². The highest BCUT2D eigenvalue weighted by atomic mass is 16.6. The second-order valence-corrected chi connectivity index (χ2v) is 19.0. The first-order valence-electron chi connectivity index (χ1n) is 22.8. The van der Waals surface area contributed by atoms with Crippen molar-refractivity contribution in [3.63, 3.8) is 0 Å². The zero-order valence-corrected chi connectivity index (χ0v) is 39.3. The molecule has 0 bridgehead atoms. The van der Waals surface area contributed by atoms with Crippen LogP contribution >= 0.6 is 0 Å². The number of terminal acetylenes is 1. The molecule has 0 saturated carbocycles. The van der Waals surface area contributed by atoms with Crippen LogP contribution in [0.4, 0.5) is 0 Å². The smallest absolute Gasteiger partial charge is 0.329 e. The van der Waals surface area contributed by atoms with Crippen molar-refractivity contribution in [2.45, 2.75) is 162 Å². The molecule has 3 heterocycles. The molecule has 4 rings (SSSR count). The number of amides is 6. The first-order valence-corrected chi connectivity index (χ1v) is 22.8. The van der Waals surface area contributed by atoms with Crippen LogP contribution in [0, 0.1) is 35.5 Å². The van der Waals surface area contributed by atoms with E-state index in [1.54, 1.807) is 79.7 Å². The van der Waals surface area contributed by atoms with Crippen molar-refractivity contribution in [1.29, 1.82) is 0 Å². The van der Waals surface area contributed by atoms with E-state index >= 15 is 0 Å². The molecule has 8 unspecified atom stereocenters. The van der Waals surface area contributed by atoms with Gasteiger partial charge < -0.3 is 40.1 Å². The van der Waals surface area contributed by atoms with Crippen LogP contribution < -0.4 is 16.0 Å². The topological polar surface area (TPSA) is 201 Å². The van der Waals surface area contributed by atoms with Gasteiger partial charge in [0.1, 0.15) is 42.4 Å². The molecule has 3 fully saturated rings. The standard InChI is InChI=1S/C48H70N6O10/c1-12-13-15-24-36-48(9,10)47(62)51-38(29(4)5)44(59)52(11)39(30(6)7)46(61)63-31(8)42(57)54-26-19-23-35(54)43(58)53-25-18-22-34(53)40(55)50-37(28(2)3)41(56)49-33(45(60)64-36)27-32-20-16-14-17-21-32/h1,14,16-17,20-21,28-31,33-39H,13,15,18-19,22-27H2,2-11H3,(H,49,56)(H,50,55)(H,51,62). The van der Waals surface area contributed by atoms with E-state index in [0.29, 0.717) is 44.1 Å². The van der Waals surface area contributed by atoms with Crippen LogP contribution in [0.2, 0.25) is 0 Å². The summed E-state index contributed by atoms with van der Waals surface area (Å²) in [6.45, 7) is 15.6. The lowest BCUT2D eigenvalue weighted by Gasteiger charge is -2.37. The van der Waals surface area contributed by atoms with Gasteiger partial charge in [-0.15, -0.1) is 12.3 Å². The second-order valence-electron chi connectivity index (χ2n) is 19.0. The van der Waals surface area contributed by atoms with Gasteiger partial charge in [0.05, 0.1) is 5.41 Å². The average Bonchev–Trinajstić information content (AvgIpc) is 3.94. The number of carbonyl (C=O) groups is 8. The van der Waals surface area contributed by atoms with Gasteiger partial charge in [0, 0.05) is 33.0 Å². The number of esters is 2. The van der Waals surface area contributed by atoms with Crippen molar-refractivity contribution in [3.05, 3.63) is 35.9 Å². The summed E-state index contributed by atoms with van der Waals surface area (Å²) in [5.41, 5.74) is -0.748. The summed E-state index contributed by atoms with van der Waals surface area (Å²) in [6, 6.07) is 2.47. The number of likely N-dealkylation sites (N-methyl/N-ethyl adjacent to an activating group) is 1. The number of carbonyl (C=O) groups excluding carboxylic acids is 8. The third kappa shape index (κ3) is 12.2. The fraction of sp³-hybridized carbons (Fsp3) is 0.667. The number of fused-ring (bicyclic) bond motifs is 2. The lowest BCUT2D eigenvalue weighted by atomic mass is 9.82. The van der Waals surface area contributed by atoms with E-state index in [1.807, 2.05) is 6.07 Å². The number of hydrogen-bond donors (Lipinski definition) is 3. The van der Waals surface area contributed by atoms with E-state index in [1.165, 1.54) is 28.7 Å². The van der Waals surface area contributed by atoms with Crippen molar-refractivity contribution < 1.29 is 47.8 Å². The monoisotopic (exact) mass is 891 g/mol. The van der Waals surface area contributed by atoms with E-state index in [9.17, 15) is 38.4 Å². The van der Waals surface area contributed by atoms with Crippen LogP contribution in [0.15, 0.2) is 30.3 Å². The van der Waals surface area contributed by atoms with E-state index in [0.717, 1.165) is 0 Å². The number of rotatable bonds is 8. The van der Waals surface area contributed by atoms with Gasteiger partial charge in [0.25, 0.3) is 5.91 Å². The zero-order chi connectivity index (χ0) is 47.6. The van der Waals surface area contributed by atoms with Gasteiger partial charge in [-0.05, 0) is 82.6 Å². The minimum absolute atomic E-state index is 0.0176. The van der Waals surface area contributed by atoms with Crippen molar-refractivity contribution in [3.8, 4) is 12.3 Å². The van der Waals surface area contributed by atoms with Gasteiger partial charge in [0.2, 0.25) is 29.5 Å². The molecule has 16 nitrogen and oxygen atoms in total. The van der Waals surface area contributed by atoms with Gasteiger partial charge in [0.15, 0.2) is 6.10 Å². The third-order valence-electron chi connectivity index (χ3n) is 12.7. The highest BCUT2D eigenvalue weighted by Gasteiger charge is 2.47. The van der Waals surface area contributed by atoms with E-state index in [-0.39, 0.29) is 25.9 Å². The maximum Gasteiger partial charge on any atom is 0.329 e. The van der Waals surface area contributed by atoms with Crippen molar-refractivity contribution in [2.24, 2.45) is 23.2 Å².